The first-order chi connectivity index (χ1) is 8.32. The van der Waals surface area contributed by atoms with Crippen LogP contribution in [0.3, 0.4) is 0 Å². The maximum atomic E-state index is 11.8. The van der Waals surface area contributed by atoms with Crippen molar-refractivity contribution in [1.82, 2.24) is 4.90 Å². The van der Waals surface area contributed by atoms with Crippen molar-refractivity contribution in [3.8, 4) is 12.3 Å². The maximum Gasteiger partial charge on any atom is 0.347 e. The molecule has 6 nitrogen and oxygen atoms in total. The Morgan fingerprint density at radius 3 is 2.83 bits per heavy atom. The van der Waals surface area contributed by atoms with Crippen molar-refractivity contribution in [3.63, 3.8) is 0 Å². The Bertz CT molecular complexity index is 561. The third-order valence-electron chi connectivity index (χ3n) is 3.49. The monoisotopic (exact) mass is 269 g/mol. The predicted molar refractivity (Wildman–Crippen MR) is 67.8 cm³/mol. The highest BCUT2D eigenvalue weighted by Crippen LogP contribution is 2.35. The second-order valence-corrected chi connectivity index (χ2v) is 6.90. The van der Waals surface area contributed by atoms with Gasteiger partial charge >= 0.3 is 6.03 Å². The number of terminal acetylenes is 1. The molecule has 2 atom stereocenters. The van der Waals surface area contributed by atoms with Crippen LogP contribution in [-0.4, -0.2) is 48.3 Å². The summed E-state index contributed by atoms with van der Waals surface area (Å²) in [7, 11) is -3.23. The van der Waals surface area contributed by atoms with Crippen molar-refractivity contribution in [2.24, 2.45) is 10.7 Å². The molecule has 1 spiro atoms. The lowest BCUT2D eigenvalue weighted by Crippen LogP contribution is -2.62. The van der Waals surface area contributed by atoms with Crippen LogP contribution in [0.2, 0.25) is 0 Å². The summed E-state index contributed by atoms with van der Waals surface area (Å²) in [4.78, 5) is 16.9. The van der Waals surface area contributed by atoms with Crippen LogP contribution in [0.5, 0.6) is 0 Å². The molecule has 2 aliphatic rings. The Hall–Kier alpha value is -1.55. The van der Waals surface area contributed by atoms with Crippen LogP contribution >= 0.6 is 0 Å². The van der Waals surface area contributed by atoms with Gasteiger partial charge in [-0.15, -0.1) is 6.42 Å². The first kappa shape index (κ1) is 12.9. The average molecular weight is 269 g/mol. The second-order valence-electron chi connectivity index (χ2n) is 4.72. The van der Waals surface area contributed by atoms with E-state index in [2.05, 4.69) is 10.9 Å². The van der Waals surface area contributed by atoms with Crippen LogP contribution in [0.25, 0.3) is 0 Å². The fourth-order valence-corrected chi connectivity index (χ4v) is 4.55. The minimum atomic E-state index is -3.23. The molecule has 2 aliphatic heterocycles. The van der Waals surface area contributed by atoms with Gasteiger partial charge in [0.2, 0.25) is 0 Å². The first-order valence-corrected chi connectivity index (χ1v) is 7.49. The van der Waals surface area contributed by atoms with Gasteiger partial charge in [0, 0.05) is 0 Å². The number of aliphatic imine (C=N–C) groups is 1. The van der Waals surface area contributed by atoms with Crippen molar-refractivity contribution < 1.29 is 13.2 Å². The van der Waals surface area contributed by atoms with Gasteiger partial charge < -0.3 is 5.73 Å². The number of carbonyl (C=O) groups excluding carboxylic acids is 1. The summed E-state index contributed by atoms with van der Waals surface area (Å²) in [6, 6.07) is -1.08. The number of sulfone groups is 1. The largest absolute Gasteiger partial charge is 0.385 e. The van der Waals surface area contributed by atoms with Gasteiger partial charge in [0.25, 0.3) is 0 Å². The van der Waals surface area contributed by atoms with Crippen molar-refractivity contribution in [1.29, 1.82) is 0 Å². The summed E-state index contributed by atoms with van der Waals surface area (Å²) in [6.45, 7) is 1.66. The molecule has 0 radical (unpaired) electrons. The van der Waals surface area contributed by atoms with Gasteiger partial charge in [-0.25, -0.2) is 13.2 Å². The Balaban J connectivity index is 2.48. The summed E-state index contributed by atoms with van der Waals surface area (Å²) in [5.74, 6) is 2.44. The molecule has 1 saturated heterocycles. The van der Waals surface area contributed by atoms with Gasteiger partial charge in [0.1, 0.15) is 11.4 Å². The second kappa shape index (κ2) is 3.99. The van der Waals surface area contributed by atoms with E-state index in [1.165, 1.54) is 4.90 Å². The van der Waals surface area contributed by atoms with E-state index in [4.69, 9.17) is 12.2 Å². The molecule has 18 heavy (non-hydrogen) atoms. The van der Waals surface area contributed by atoms with Gasteiger partial charge in [-0.05, 0) is 19.8 Å². The van der Waals surface area contributed by atoms with Gasteiger partial charge in [-0.2, -0.15) is 4.99 Å². The van der Waals surface area contributed by atoms with E-state index >= 15 is 0 Å². The Morgan fingerprint density at radius 2 is 2.28 bits per heavy atom. The lowest BCUT2D eigenvalue weighted by atomic mass is 9.91. The number of urea groups is 1. The molecule has 98 valence electrons. The molecule has 2 unspecified atom stereocenters. The van der Waals surface area contributed by atoms with Gasteiger partial charge in [-0.1, -0.05) is 5.92 Å². The normalized spacial score (nSPS) is 32.1. The van der Waals surface area contributed by atoms with Crippen LogP contribution in [0.15, 0.2) is 4.99 Å². The Labute approximate surface area is 106 Å². The third-order valence-corrected chi connectivity index (χ3v) is 5.32. The molecule has 1 fully saturated rings. The van der Waals surface area contributed by atoms with Crippen LogP contribution in [0.1, 0.15) is 19.8 Å². The molecular formula is C11H15N3O3S. The minimum Gasteiger partial charge on any atom is -0.385 e. The molecule has 2 rings (SSSR count). The number of rotatable bonds is 1. The van der Waals surface area contributed by atoms with E-state index in [1.54, 1.807) is 6.92 Å². The molecule has 0 aromatic rings. The highest BCUT2D eigenvalue weighted by Gasteiger charge is 2.54. The third kappa shape index (κ3) is 1.77. The Morgan fingerprint density at radius 1 is 1.61 bits per heavy atom. The summed E-state index contributed by atoms with van der Waals surface area (Å²) in [5.41, 5.74) is 4.75. The van der Waals surface area contributed by atoms with E-state index in [0.29, 0.717) is 12.8 Å². The summed E-state index contributed by atoms with van der Waals surface area (Å²) in [6.07, 6.45) is 6.28. The highest BCUT2D eigenvalue weighted by molar-refractivity contribution is 7.91. The summed E-state index contributed by atoms with van der Waals surface area (Å²) < 4.78 is 23.6. The van der Waals surface area contributed by atoms with E-state index in [1.807, 2.05) is 0 Å². The van der Waals surface area contributed by atoms with Gasteiger partial charge in [-0.3, -0.25) is 4.90 Å². The molecule has 0 bridgehead atoms. The number of amidine groups is 1. The smallest absolute Gasteiger partial charge is 0.347 e. The van der Waals surface area contributed by atoms with Crippen LogP contribution < -0.4 is 5.73 Å². The molecule has 7 heteroatoms. The zero-order valence-electron chi connectivity index (χ0n) is 10.1. The zero-order valence-corrected chi connectivity index (χ0v) is 10.9. The predicted octanol–water partition coefficient (Wildman–Crippen LogP) is -0.252. The van der Waals surface area contributed by atoms with E-state index in [-0.39, 0.29) is 17.3 Å². The van der Waals surface area contributed by atoms with Crippen LogP contribution in [0.4, 0.5) is 4.79 Å². The number of hydrogen-bond donors (Lipinski definition) is 1. The number of carbonyl (C=O) groups is 1. The summed E-state index contributed by atoms with van der Waals surface area (Å²) in [5, 5.41) is 0. The molecular weight excluding hydrogens is 254 g/mol. The average Bonchev–Trinajstić information content (AvgIpc) is 2.48. The number of nitrogens with two attached hydrogens (primary N) is 1. The van der Waals surface area contributed by atoms with Crippen LogP contribution in [0, 0.1) is 12.3 Å². The standard InChI is InChI=1S/C11H15N3O3S/c1-3-8(2)14-10(15)13-9(12)11(14)5-4-6-18(16,17)7-11/h1,8H,4-7H2,2H3,(H2,12,13,15). The van der Waals surface area contributed by atoms with Crippen molar-refractivity contribution in [2.75, 3.05) is 11.5 Å². The topological polar surface area (TPSA) is 92.8 Å². The number of amides is 2. The molecule has 0 aromatic carbocycles. The fourth-order valence-electron chi connectivity index (χ4n) is 2.66. The molecule has 2 N–H and O–H groups in total. The molecule has 2 heterocycles. The fraction of sp³-hybridized carbons (Fsp3) is 0.636. The van der Waals surface area contributed by atoms with Crippen molar-refractivity contribution in [2.45, 2.75) is 31.3 Å². The van der Waals surface area contributed by atoms with E-state index < -0.39 is 27.4 Å². The number of nitrogens with zero attached hydrogens (tertiary/aromatic N) is 2. The SMILES string of the molecule is C#CC(C)N1C(=O)N=C(N)C12CCCS(=O)(=O)C2. The van der Waals surface area contributed by atoms with Crippen molar-refractivity contribution >= 4 is 21.7 Å². The lowest BCUT2D eigenvalue weighted by Gasteiger charge is -2.41. The number of hydrogen-bond acceptors (Lipinski definition) is 4. The van der Waals surface area contributed by atoms with Crippen molar-refractivity contribution in [3.05, 3.63) is 0 Å². The van der Waals surface area contributed by atoms with Gasteiger partial charge in [0.15, 0.2) is 9.84 Å². The minimum absolute atomic E-state index is 0.0675. The molecule has 0 saturated carbocycles. The van der Waals surface area contributed by atoms with Gasteiger partial charge in [0.05, 0.1) is 17.5 Å². The first-order valence-electron chi connectivity index (χ1n) is 5.67. The van der Waals surface area contributed by atoms with E-state index in [0.717, 1.165) is 0 Å². The van der Waals surface area contributed by atoms with E-state index in [9.17, 15) is 13.2 Å². The Kier molecular flexibility index (Phi) is 2.86. The lowest BCUT2D eigenvalue weighted by molar-refractivity contribution is 0.160. The maximum absolute atomic E-state index is 11.8. The van der Waals surface area contributed by atoms with Crippen LogP contribution in [-0.2, 0) is 9.84 Å². The molecule has 0 aliphatic carbocycles. The summed E-state index contributed by atoms with van der Waals surface area (Å²) >= 11 is 0. The molecule has 2 amide bonds. The quantitative estimate of drug-likeness (QED) is 0.664. The highest BCUT2D eigenvalue weighted by atomic mass is 32.2. The zero-order chi connectivity index (χ0) is 13.6. The molecule has 0 aromatic heterocycles.